The van der Waals surface area contributed by atoms with Crippen molar-refractivity contribution in [1.29, 1.82) is 0 Å². The van der Waals surface area contributed by atoms with Crippen LogP contribution in [0.5, 0.6) is 0 Å². The van der Waals surface area contributed by atoms with Crippen molar-refractivity contribution in [2.75, 3.05) is 0 Å². The van der Waals surface area contributed by atoms with Crippen LogP contribution in [0.2, 0.25) is 0 Å². The molecule has 0 aliphatic heterocycles. The second-order valence-corrected chi connectivity index (χ2v) is 5.83. The van der Waals surface area contributed by atoms with Gasteiger partial charge in [-0.1, -0.05) is 60.7 Å². The minimum atomic E-state index is 0. The first-order valence-corrected chi connectivity index (χ1v) is 7.37. The smallest absolute Gasteiger partial charge is 1.00 e. The molecule has 2 saturated carbocycles. The summed E-state index contributed by atoms with van der Waals surface area (Å²) in [4.78, 5) is 0. The van der Waals surface area contributed by atoms with E-state index in [9.17, 15) is 0 Å². The van der Waals surface area contributed by atoms with Gasteiger partial charge in [0.05, 0.1) is 0 Å². The predicted molar refractivity (Wildman–Crippen MR) is 83.6 cm³/mol. The molecule has 2 aliphatic rings. The van der Waals surface area contributed by atoms with Gasteiger partial charge in [-0.05, 0) is 24.0 Å². The van der Waals surface area contributed by atoms with Gasteiger partial charge in [-0.25, -0.2) is 0 Å². The van der Waals surface area contributed by atoms with Crippen molar-refractivity contribution >= 4 is 0 Å². The molecular weight excluding hydrogens is 510 g/mol. The van der Waals surface area contributed by atoms with E-state index in [1.54, 1.807) is 0 Å². The molecule has 2 aromatic rings. The zero-order valence-electron chi connectivity index (χ0n) is 12.7. The quantitative estimate of drug-likeness (QED) is 0.434. The molecule has 2 aromatic carbocycles. The van der Waals surface area contributed by atoms with Crippen molar-refractivity contribution in [2.45, 2.75) is 36.8 Å². The van der Waals surface area contributed by atoms with Crippen LogP contribution in [-0.2, 0) is 21.1 Å². The van der Waals surface area contributed by atoms with E-state index in [1.165, 1.54) is 24.0 Å². The summed E-state index contributed by atoms with van der Waals surface area (Å²) in [6.07, 6.45) is 2.34. The van der Waals surface area contributed by atoms with E-state index >= 15 is 0 Å². The summed E-state index contributed by atoms with van der Waals surface area (Å²) < 4.78 is 0. The van der Waals surface area contributed by atoms with Crippen molar-refractivity contribution in [3.8, 4) is 0 Å². The molecule has 0 spiro atoms. The Hall–Kier alpha value is -0.372. The summed E-state index contributed by atoms with van der Waals surface area (Å²) in [6.45, 7) is 0. The van der Waals surface area contributed by atoms with E-state index in [-0.39, 0.29) is 45.9 Å². The van der Waals surface area contributed by atoms with Crippen LogP contribution >= 0.6 is 0 Å². The van der Waals surface area contributed by atoms with Gasteiger partial charge in [-0.2, -0.15) is 0 Å². The zero-order valence-corrected chi connectivity index (χ0v) is 16.5. The van der Waals surface area contributed by atoms with Crippen LogP contribution in [0, 0.1) is 0 Å². The molecule has 4 N–H and O–H groups in total. The number of nitrogens with two attached hydrogens (primary N) is 2. The minimum Gasteiger partial charge on any atom is -1.00 e. The molecule has 4 rings (SSSR count). The van der Waals surface area contributed by atoms with E-state index in [2.05, 4.69) is 48.5 Å². The van der Waals surface area contributed by atoms with E-state index in [1.807, 2.05) is 12.1 Å². The van der Waals surface area contributed by atoms with E-state index in [0.29, 0.717) is 23.9 Å². The average molecular weight is 532 g/mol. The predicted octanol–water partition coefficient (Wildman–Crippen LogP) is -2.99. The third kappa shape index (κ3) is 6.56. The second kappa shape index (κ2) is 10.5. The molecule has 23 heavy (non-hydrogen) atoms. The van der Waals surface area contributed by atoms with Crippen LogP contribution in [0.4, 0.5) is 0 Å². The summed E-state index contributed by atoms with van der Waals surface area (Å²) in [6, 6.07) is 21.8. The molecule has 128 valence electrons. The molecule has 4 unspecified atom stereocenters. The van der Waals surface area contributed by atoms with Crippen LogP contribution in [0.25, 0.3) is 0 Å². The Kier molecular flexibility index (Phi) is 10.3. The molecule has 0 bridgehead atoms. The SMILES string of the molecule is NC1CC1c1ccccc1.NC1CC1c1ccccc1.[Cl-].[Cl-].[Pt+2]. The van der Waals surface area contributed by atoms with Crippen LogP contribution in [0.1, 0.15) is 35.8 Å². The van der Waals surface area contributed by atoms with Gasteiger partial charge in [0.1, 0.15) is 0 Å². The number of benzene rings is 2. The van der Waals surface area contributed by atoms with E-state index < -0.39 is 0 Å². The average Bonchev–Trinajstić information content (AvgIpc) is 3.40. The third-order valence-electron chi connectivity index (χ3n) is 4.14. The summed E-state index contributed by atoms with van der Waals surface area (Å²) in [5.74, 6) is 1.31. The van der Waals surface area contributed by atoms with Crippen LogP contribution in [0.3, 0.4) is 0 Å². The van der Waals surface area contributed by atoms with Crippen molar-refractivity contribution in [1.82, 2.24) is 0 Å². The molecule has 0 amide bonds. The van der Waals surface area contributed by atoms with Crippen molar-refractivity contribution < 1.29 is 45.9 Å². The van der Waals surface area contributed by atoms with Gasteiger partial charge in [0.2, 0.25) is 0 Å². The van der Waals surface area contributed by atoms with Crippen LogP contribution < -0.4 is 36.3 Å². The van der Waals surface area contributed by atoms with Gasteiger partial charge >= 0.3 is 21.1 Å². The third-order valence-corrected chi connectivity index (χ3v) is 4.14. The zero-order chi connectivity index (χ0) is 13.9. The van der Waals surface area contributed by atoms with E-state index in [0.717, 1.165) is 0 Å². The standard InChI is InChI=1S/2C9H11N.2ClH.Pt/c2*10-9-6-8(9)7-4-2-1-3-5-7;;;/h2*1-5,8-9H,6,10H2;2*1H;/q;;;;+2/p-2. The summed E-state index contributed by atoms with van der Waals surface area (Å²) >= 11 is 0. The first-order chi connectivity index (χ1) is 9.75. The molecule has 0 aromatic heterocycles. The van der Waals surface area contributed by atoms with Crippen LogP contribution in [0.15, 0.2) is 60.7 Å². The number of halogens is 2. The monoisotopic (exact) mass is 531 g/mol. The maximum absolute atomic E-state index is 5.70. The molecule has 5 heteroatoms. The van der Waals surface area contributed by atoms with Crippen molar-refractivity contribution in [2.24, 2.45) is 11.5 Å². The van der Waals surface area contributed by atoms with Gasteiger partial charge in [0.25, 0.3) is 0 Å². The molecular formula is C18H22Cl2N2Pt. The second-order valence-electron chi connectivity index (χ2n) is 5.83. The normalized spacial score (nSPS) is 26.2. The number of hydrogen-bond acceptors (Lipinski definition) is 2. The molecule has 2 nitrogen and oxygen atoms in total. The number of rotatable bonds is 2. The van der Waals surface area contributed by atoms with Gasteiger partial charge in [-0.3, -0.25) is 0 Å². The molecule has 0 heterocycles. The van der Waals surface area contributed by atoms with Crippen molar-refractivity contribution in [3.63, 3.8) is 0 Å². The molecule has 0 radical (unpaired) electrons. The molecule has 2 fully saturated rings. The minimum absolute atomic E-state index is 0. The Morgan fingerprint density at radius 1 is 0.609 bits per heavy atom. The van der Waals surface area contributed by atoms with E-state index in [4.69, 9.17) is 11.5 Å². The summed E-state index contributed by atoms with van der Waals surface area (Å²) in [5.41, 5.74) is 14.2. The van der Waals surface area contributed by atoms with Crippen molar-refractivity contribution in [3.05, 3.63) is 71.8 Å². The Morgan fingerprint density at radius 3 is 1.09 bits per heavy atom. The van der Waals surface area contributed by atoms with Gasteiger partial charge < -0.3 is 36.3 Å². The Balaban J connectivity index is 0.000000372. The maximum atomic E-state index is 5.70. The molecule has 4 atom stereocenters. The number of hydrogen-bond donors (Lipinski definition) is 2. The first-order valence-electron chi connectivity index (χ1n) is 7.37. The Labute approximate surface area is 165 Å². The summed E-state index contributed by atoms with van der Waals surface area (Å²) in [7, 11) is 0. The molecule has 0 saturated heterocycles. The fraction of sp³-hybridized carbons (Fsp3) is 0.333. The molecule has 2 aliphatic carbocycles. The largest absolute Gasteiger partial charge is 2.00 e. The van der Waals surface area contributed by atoms with Gasteiger partial charge in [0.15, 0.2) is 0 Å². The summed E-state index contributed by atoms with van der Waals surface area (Å²) in [5, 5.41) is 0. The topological polar surface area (TPSA) is 52.0 Å². The fourth-order valence-electron chi connectivity index (χ4n) is 2.60. The van der Waals surface area contributed by atoms with Crippen LogP contribution in [-0.4, -0.2) is 12.1 Å². The Bertz CT molecular complexity index is 502. The van der Waals surface area contributed by atoms with Gasteiger partial charge in [-0.15, -0.1) is 0 Å². The fourth-order valence-corrected chi connectivity index (χ4v) is 2.60. The first kappa shape index (κ1) is 22.6. The maximum Gasteiger partial charge on any atom is 2.00 e. The Morgan fingerprint density at radius 2 is 0.870 bits per heavy atom. The van der Waals surface area contributed by atoms with Gasteiger partial charge in [0, 0.05) is 23.9 Å².